The maximum Gasteiger partial charge on any atom is 0.328 e. The number of Topliss-reactive ketones (excluding diaryl/α,β-unsaturated/α-hetero) is 1. The predicted molar refractivity (Wildman–Crippen MR) is 103 cm³/mol. The molecule has 1 saturated heterocycles. The molecular formula is C22H21NO6. The van der Waals surface area contributed by atoms with E-state index >= 15 is 0 Å². The van der Waals surface area contributed by atoms with Crippen molar-refractivity contribution in [3.63, 3.8) is 0 Å². The van der Waals surface area contributed by atoms with Gasteiger partial charge in [0, 0.05) is 24.0 Å². The van der Waals surface area contributed by atoms with Crippen molar-refractivity contribution in [1.82, 2.24) is 5.32 Å². The van der Waals surface area contributed by atoms with E-state index in [0.717, 1.165) is 0 Å². The van der Waals surface area contributed by atoms with E-state index in [4.69, 9.17) is 9.47 Å². The molecule has 7 heteroatoms. The minimum Gasteiger partial charge on any atom is -0.464 e. The lowest BCUT2D eigenvalue weighted by molar-refractivity contribution is -0.148. The third kappa shape index (κ3) is 5.51. The second-order valence-corrected chi connectivity index (χ2v) is 6.59. The summed E-state index contributed by atoms with van der Waals surface area (Å²) in [5.74, 6) is -1.94. The van der Waals surface area contributed by atoms with E-state index in [2.05, 4.69) is 5.32 Å². The van der Waals surface area contributed by atoms with E-state index in [0.29, 0.717) is 17.5 Å². The summed E-state index contributed by atoms with van der Waals surface area (Å²) in [5, 5.41) is 2.53. The molecule has 29 heavy (non-hydrogen) atoms. The van der Waals surface area contributed by atoms with Crippen LogP contribution in [0.1, 0.15) is 41.3 Å². The summed E-state index contributed by atoms with van der Waals surface area (Å²) in [4.78, 5) is 48.6. The van der Waals surface area contributed by atoms with Crippen molar-refractivity contribution < 1.29 is 28.7 Å². The van der Waals surface area contributed by atoms with Crippen molar-refractivity contribution in [3.8, 4) is 0 Å². The van der Waals surface area contributed by atoms with E-state index in [1.807, 2.05) is 0 Å². The third-order valence-corrected chi connectivity index (χ3v) is 4.47. The summed E-state index contributed by atoms with van der Waals surface area (Å²) in [6.45, 7) is 0.270. The summed E-state index contributed by atoms with van der Waals surface area (Å²) in [7, 11) is 0. The van der Waals surface area contributed by atoms with E-state index in [-0.39, 0.29) is 25.2 Å². The molecule has 0 aromatic heterocycles. The molecule has 3 rings (SSSR count). The van der Waals surface area contributed by atoms with Gasteiger partial charge in [-0.2, -0.15) is 0 Å². The van der Waals surface area contributed by atoms with Gasteiger partial charge in [0.2, 0.25) is 11.7 Å². The van der Waals surface area contributed by atoms with Crippen LogP contribution in [0.2, 0.25) is 0 Å². The number of esters is 2. The number of hydrogen-bond donors (Lipinski definition) is 1. The number of benzene rings is 2. The molecule has 1 heterocycles. The highest BCUT2D eigenvalue weighted by Crippen LogP contribution is 2.23. The van der Waals surface area contributed by atoms with Gasteiger partial charge in [-0.1, -0.05) is 60.7 Å². The second kappa shape index (κ2) is 9.64. The Labute approximate surface area is 168 Å². The number of nitrogens with one attached hydrogen (secondary N) is 1. The number of hydrogen-bond acceptors (Lipinski definition) is 6. The molecule has 0 saturated carbocycles. The summed E-state index contributed by atoms with van der Waals surface area (Å²) in [6.07, 6.45) is -1.04. The van der Waals surface area contributed by atoms with E-state index in [1.54, 1.807) is 60.7 Å². The molecule has 0 aliphatic carbocycles. The summed E-state index contributed by atoms with van der Waals surface area (Å²) < 4.78 is 10.2. The Morgan fingerprint density at radius 2 is 1.66 bits per heavy atom. The molecule has 0 spiro atoms. The van der Waals surface area contributed by atoms with E-state index in [1.165, 1.54) is 0 Å². The maximum atomic E-state index is 12.9. The van der Waals surface area contributed by atoms with Crippen LogP contribution in [-0.2, 0) is 23.9 Å². The number of amides is 1. The van der Waals surface area contributed by atoms with Gasteiger partial charge in [-0.3, -0.25) is 14.4 Å². The number of carbonyl (C=O) groups is 4. The van der Waals surface area contributed by atoms with E-state index in [9.17, 15) is 19.2 Å². The van der Waals surface area contributed by atoms with Crippen LogP contribution in [-0.4, -0.2) is 36.3 Å². The van der Waals surface area contributed by atoms with Gasteiger partial charge in [0.25, 0.3) is 0 Å². The molecule has 7 nitrogen and oxygen atoms in total. The zero-order valence-corrected chi connectivity index (χ0v) is 15.7. The van der Waals surface area contributed by atoms with Crippen molar-refractivity contribution in [3.05, 3.63) is 71.8 Å². The number of carbonyl (C=O) groups excluding carboxylic acids is 4. The highest BCUT2D eigenvalue weighted by Gasteiger charge is 2.29. The van der Waals surface area contributed by atoms with Crippen molar-refractivity contribution in [2.24, 2.45) is 0 Å². The van der Waals surface area contributed by atoms with Gasteiger partial charge in [0.05, 0.1) is 13.0 Å². The van der Waals surface area contributed by atoms with Crippen molar-refractivity contribution in [2.45, 2.75) is 31.4 Å². The number of ether oxygens (including phenoxy) is 2. The zero-order valence-electron chi connectivity index (χ0n) is 15.7. The lowest BCUT2D eigenvalue weighted by atomic mass is 10.00. The Bertz CT molecular complexity index is 881. The van der Waals surface area contributed by atoms with Crippen LogP contribution in [0.4, 0.5) is 0 Å². The first-order valence-corrected chi connectivity index (χ1v) is 9.34. The maximum absolute atomic E-state index is 12.9. The molecule has 0 radical (unpaired) electrons. The first-order chi connectivity index (χ1) is 14.0. The molecule has 2 unspecified atom stereocenters. The normalized spacial score (nSPS) is 16.6. The number of rotatable bonds is 8. The average molecular weight is 395 g/mol. The molecule has 150 valence electrons. The highest BCUT2D eigenvalue weighted by molar-refractivity contribution is 6.01. The molecule has 1 aliphatic heterocycles. The van der Waals surface area contributed by atoms with Gasteiger partial charge in [-0.25, -0.2) is 4.79 Å². The molecule has 2 aromatic rings. The fourth-order valence-electron chi connectivity index (χ4n) is 2.95. The Kier molecular flexibility index (Phi) is 6.73. The third-order valence-electron chi connectivity index (χ3n) is 4.47. The molecule has 1 N–H and O–H groups in total. The molecule has 1 amide bonds. The smallest absolute Gasteiger partial charge is 0.328 e. The SMILES string of the molecule is O=C(CCC(=O)OC(C(=O)c1ccccc1)c1ccccc1)NC1CCOC1=O. The first-order valence-electron chi connectivity index (χ1n) is 9.34. The average Bonchev–Trinajstić information content (AvgIpc) is 3.15. The van der Waals surface area contributed by atoms with Crippen LogP contribution in [0.25, 0.3) is 0 Å². The van der Waals surface area contributed by atoms with E-state index < -0.39 is 30.0 Å². The minimum absolute atomic E-state index is 0.149. The zero-order chi connectivity index (χ0) is 20.6. The Morgan fingerprint density at radius 3 is 2.28 bits per heavy atom. The molecule has 1 aliphatic rings. The van der Waals surface area contributed by atoms with Crippen LogP contribution < -0.4 is 5.32 Å². The predicted octanol–water partition coefficient (Wildman–Crippen LogP) is 2.37. The Morgan fingerprint density at radius 1 is 1.00 bits per heavy atom. The minimum atomic E-state index is -1.10. The molecule has 2 aromatic carbocycles. The van der Waals surface area contributed by atoms with Gasteiger partial charge in [-0.15, -0.1) is 0 Å². The monoisotopic (exact) mass is 395 g/mol. The summed E-state index contributed by atoms with van der Waals surface area (Å²) >= 11 is 0. The molecule has 2 atom stereocenters. The standard InChI is InChI=1S/C22H21NO6/c24-18(23-17-13-14-28-22(17)27)11-12-19(25)29-21(16-9-5-2-6-10-16)20(26)15-7-3-1-4-8-15/h1-10,17,21H,11-14H2,(H,23,24). The molecule has 1 fully saturated rings. The second-order valence-electron chi connectivity index (χ2n) is 6.59. The van der Waals surface area contributed by atoms with Gasteiger partial charge < -0.3 is 14.8 Å². The van der Waals surface area contributed by atoms with Crippen molar-refractivity contribution >= 4 is 23.6 Å². The van der Waals surface area contributed by atoms with Gasteiger partial charge in [0.15, 0.2) is 6.10 Å². The van der Waals surface area contributed by atoms with Crippen LogP contribution in [0, 0.1) is 0 Å². The first kappa shape index (κ1) is 20.3. The van der Waals surface area contributed by atoms with Crippen LogP contribution in [0.3, 0.4) is 0 Å². The lowest BCUT2D eigenvalue weighted by Crippen LogP contribution is -2.38. The quantitative estimate of drug-likeness (QED) is 0.544. The van der Waals surface area contributed by atoms with Gasteiger partial charge in [0.1, 0.15) is 6.04 Å². The number of cyclic esters (lactones) is 1. The highest BCUT2D eigenvalue weighted by atomic mass is 16.5. The fourth-order valence-corrected chi connectivity index (χ4v) is 2.95. The topological polar surface area (TPSA) is 98.8 Å². The summed E-state index contributed by atoms with van der Waals surface area (Å²) in [6, 6.07) is 16.6. The Balaban J connectivity index is 1.61. The molecule has 0 bridgehead atoms. The molecular weight excluding hydrogens is 374 g/mol. The van der Waals surface area contributed by atoms with Crippen LogP contribution in [0.5, 0.6) is 0 Å². The van der Waals surface area contributed by atoms with Gasteiger partial charge >= 0.3 is 11.9 Å². The van der Waals surface area contributed by atoms with Gasteiger partial charge in [-0.05, 0) is 0 Å². The summed E-state index contributed by atoms with van der Waals surface area (Å²) in [5.41, 5.74) is 0.972. The lowest BCUT2D eigenvalue weighted by Gasteiger charge is -2.17. The Hall–Kier alpha value is -3.48. The largest absolute Gasteiger partial charge is 0.464 e. The van der Waals surface area contributed by atoms with Crippen LogP contribution >= 0.6 is 0 Å². The van der Waals surface area contributed by atoms with Crippen LogP contribution in [0.15, 0.2) is 60.7 Å². The van der Waals surface area contributed by atoms with Crippen molar-refractivity contribution in [2.75, 3.05) is 6.61 Å². The van der Waals surface area contributed by atoms with Crippen molar-refractivity contribution in [1.29, 1.82) is 0 Å². The number of ketones is 1. The fraction of sp³-hybridized carbons (Fsp3) is 0.273.